The first-order valence-electron chi connectivity index (χ1n) is 7.48. The van der Waals surface area contributed by atoms with Gasteiger partial charge in [-0.15, -0.1) is 5.10 Å². The second-order valence-corrected chi connectivity index (χ2v) is 6.25. The number of aromatic nitrogens is 3. The number of fused-ring (bicyclic) bond motifs is 1. The summed E-state index contributed by atoms with van der Waals surface area (Å²) < 4.78 is 8.21. The molecule has 2 heterocycles. The van der Waals surface area contributed by atoms with Gasteiger partial charge in [0.15, 0.2) is 5.65 Å². The summed E-state index contributed by atoms with van der Waals surface area (Å²) in [7, 11) is 0. The average Bonchev–Trinajstić information content (AvgIpc) is 2.84. The molecule has 11 heteroatoms. The van der Waals surface area contributed by atoms with Gasteiger partial charge >= 0.3 is 6.09 Å². The van der Waals surface area contributed by atoms with Crippen molar-refractivity contribution in [1.29, 1.82) is 0 Å². The molecule has 2 rings (SSSR count). The van der Waals surface area contributed by atoms with E-state index in [-0.39, 0.29) is 19.8 Å². The lowest BCUT2D eigenvalue weighted by molar-refractivity contribution is -0.122. The van der Waals surface area contributed by atoms with Crippen molar-refractivity contribution in [2.45, 2.75) is 20.5 Å². The van der Waals surface area contributed by atoms with Gasteiger partial charge in [0, 0.05) is 6.20 Å². The van der Waals surface area contributed by atoms with Gasteiger partial charge in [0.25, 0.3) is 0 Å². The molecule has 136 valence electrons. The lowest BCUT2D eigenvalue weighted by Crippen LogP contribution is -2.41. The fourth-order valence-corrected chi connectivity index (χ4v) is 2.86. The standard InChI is InChI=1S/C14H17Cl2N5O3S/c1-3-19(7-11(22)17-13(23)24-4-2)8-21-14(25)20-6-9(15)5-10(16)12(20)18-21/h5-6H,3-4,7-8H2,1-2H3,(H,17,22,23). The summed E-state index contributed by atoms with van der Waals surface area (Å²) in [4.78, 5) is 24.9. The molecule has 0 radical (unpaired) electrons. The predicted octanol–water partition coefficient (Wildman–Crippen LogP) is 2.72. The Labute approximate surface area is 159 Å². The Balaban J connectivity index is 2.14. The quantitative estimate of drug-likeness (QED) is 0.744. The summed E-state index contributed by atoms with van der Waals surface area (Å²) in [5, 5.41) is 7.32. The number of carbonyl (C=O) groups is 2. The summed E-state index contributed by atoms with van der Waals surface area (Å²) >= 11 is 17.5. The number of nitrogens with one attached hydrogen (secondary N) is 1. The summed E-state index contributed by atoms with van der Waals surface area (Å²) in [5.74, 6) is -0.475. The van der Waals surface area contributed by atoms with Gasteiger partial charge in [0.05, 0.1) is 29.9 Å². The molecule has 2 aromatic rings. The first-order chi connectivity index (χ1) is 11.8. The fourth-order valence-electron chi connectivity index (χ4n) is 2.11. The van der Waals surface area contributed by atoms with Crippen molar-refractivity contribution >= 4 is 53.1 Å². The second kappa shape index (κ2) is 8.61. The Morgan fingerprint density at radius 2 is 2.12 bits per heavy atom. The van der Waals surface area contributed by atoms with Crippen molar-refractivity contribution < 1.29 is 14.3 Å². The number of nitrogens with zero attached hydrogens (tertiary/aromatic N) is 4. The van der Waals surface area contributed by atoms with E-state index in [9.17, 15) is 9.59 Å². The fraction of sp³-hybridized carbons (Fsp3) is 0.429. The smallest absolute Gasteiger partial charge is 0.413 e. The second-order valence-electron chi connectivity index (χ2n) is 5.04. The number of pyridine rings is 1. The molecule has 25 heavy (non-hydrogen) atoms. The zero-order chi connectivity index (χ0) is 18.6. The van der Waals surface area contributed by atoms with E-state index >= 15 is 0 Å². The molecule has 0 bridgehead atoms. The molecular weight excluding hydrogens is 389 g/mol. The Morgan fingerprint density at radius 3 is 2.76 bits per heavy atom. The number of imide groups is 1. The Bertz CT molecular complexity index is 851. The number of carbonyl (C=O) groups excluding carboxylic acids is 2. The van der Waals surface area contributed by atoms with Crippen LogP contribution in [0.5, 0.6) is 0 Å². The van der Waals surface area contributed by atoms with Gasteiger partial charge in [0.1, 0.15) is 0 Å². The highest BCUT2D eigenvalue weighted by molar-refractivity contribution is 7.71. The topological polar surface area (TPSA) is 80.9 Å². The van der Waals surface area contributed by atoms with Crippen LogP contribution < -0.4 is 5.32 Å². The van der Waals surface area contributed by atoms with Crippen LogP contribution in [0.4, 0.5) is 4.79 Å². The molecule has 1 N–H and O–H groups in total. The molecular formula is C14H17Cl2N5O3S. The molecule has 2 amide bonds. The van der Waals surface area contributed by atoms with Crippen LogP contribution in [0.1, 0.15) is 13.8 Å². The molecule has 0 fully saturated rings. The van der Waals surface area contributed by atoms with Crippen molar-refractivity contribution in [2.24, 2.45) is 0 Å². The van der Waals surface area contributed by atoms with E-state index in [1.165, 1.54) is 4.68 Å². The maximum absolute atomic E-state index is 11.9. The van der Waals surface area contributed by atoms with Crippen LogP contribution >= 0.6 is 35.4 Å². The zero-order valence-corrected chi connectivity index (χ0v) is 16.0. The van der Waals surface area contributed by atoms with E-state index in [0.717, 1.165) is 0 Å². The van der Waals surface area contributed by atoms with Crippen molar-refractivity contribution in [3.63, 3.8) is 0 Å². The highest BCUT2D eigenvalue weighted by Crippen LogP contribution is 2.21. The van der Waals surface area contributed by atoms with E-state index in [4.69, 9.17) is 35.4 Å². The van der Waals surface area contributed by atoms with E-state index < -0.39 is 12.0 Å². The number of alkyl carbamates (subject to hydrolysis) is 1. The molecule has 0 unspecified atom stereocenters. The lowest BCUT2D eigenvalue weighted by atomic mass is 10.5. The normalized spacial score (nSPS) is 11.1. The zero-order valence-electron chi connectivity index (χ0n) is 13.7. The first-order valence-corrected chi connectivity index (χ1v) is 8.65. The van der Waals surface area contributed by atoms with E-state index in [0.29, 0.717) is 27.0 Å². The van der Waals surface area contributed by atoms with E-state index in [2.05, 4.69) is 15.2 Å². The van der Waals surface area contributed by atoms with E-state index in [1.807, 2.05) is 6.92 Å². The van der Waals surface area contributed by atoms with Crippen LogP contribution in [0.25, 0.3) is 5.65 Å². The third-order valence-electron chi connectivity index (χ3n) is 3.27. The SMILES string of the molecule is CCOC(=O)NC(=O)CN(CC)Cn1nc2c(Cl)cc(Cl)cn2c1=S. The molecule has 8 nitrogen and oxygen atoms in total. The van der Waals surface area contributed by atoms with Crippen molar-refractivity contribution in [1.82, 2.24) is 24.4 Å². The molecule has 0 aliphatic heterocycles. The number of ether oxygens (including phenoxy) is 1. The van der Waals surface area contributed by atoms with Gasteiger partial charge in [-0.25, -0.2) is 9.48 Å². The number of hydrogen-bond donors (Lipinski definition) is 1. The number of rotatable bonds is 6. The van der Waals surface area contributed by atoms with Gasteiger partial charge < -0.3 is 4.74 Å². The molecule has 0 aromatic carbocycles. The Hall–Kier alpha value is -1.68. The minimum absolute atomic E-state index is 0.0144. The maximum atomic E-state index is 11.9. The minimum atomic E-state index is -0.769. The molecule has 0 saturated heterocycles. The third kappa shape index (κ3) is 4.91. The number of hydrogen-bond acceptors (Lipinski definition) is 6. The van der Waals surface area contributed by atoms with Crippen molar-refractivity contribution in [2.75, 3.05) is 19.7 Å². The van der Waals surface area contributed by atoms with Crippen LogP contribution in [-0.2, 0) is 16.2 Å². The van der Waals surface area contributed by atoms with Gasteiger partial charge in [-0.2, -0.15) is 0 Å². The summed E-state index contributed by atoms with van der Waals surface area (Å²) in [5.41, 5.74) is 0.475. The lowest BCUT2D eigenvalue weighted by Gasteiger charge is -2.19. The van der Waals surface area contributed by atoms with Crippen LogP contribution in [-0.4, -0.2) is 50.8 Å². The van der Waals surface area contributed by atoms with Crippen LogP contribution in [0.15, 0.2) is 12.3 Å². The van der Waals surface area contributed by atoms with Crippen molar-refractivity contribution in [3.8, 4) is 0 Å². The summed E-state index contributed by atoms with van der Waals surface area (Å²) in [6.07, 6.45) is 0.854. The van der Waals surface area contributed by atoms with E-state index in [1.54, 1.807) is 28.5 Å². The van der Waals surface area contributed by atoms with Gasteiger partial charge in [0.2, 0.25) is 10.7 Å². The first kappa shape index (κ1) is 19.6. The van der Waals surface area contributed by atoms with Crippen molar-refractivity contribution in [3.05, 3.63) is 27.1 Å². The van der Waals surface area contributed by atoms with Crippen LogP contribution in [0.2, 0.25) is 10.0 Å². The molecule has 2 aromatic heterocycles. The summed E-state index contributed by atoms with van der Waals surface area (Å²) in [6, 6.07) is 1.58. The molecule has 0 atom stereocenters. The number of likely N-dealkylation sites (N-methyl/N-ethyl adjacent to an activating group) is 1. The largest absolute Gasteiger partial charge is 0.450 e. The number of halogens is 2. The Morgan fingerprint density at radius 1 is 1.40 bits per heavy atom. The maximum Gasteiger partial charge on any atom is 0.413 e. The van der Waals surface area contributed by atoms with Gasteiger partial charge in [-0.1, -0.05) is 30.1 Å². The molecule has 0 spiro atoms. The molecule has 0 aliphatic carbocycles. The highest BCUT2D eigenvalue weighted by Gasteiger charge is 2.15. The molecule has 0 saturated carbocycles. The van der Waals surface area contributed by atoms with Gasteiger partial charge in [-0.05, 0) is 31.8 Å². The van der Waals surface area contributed by atoms with Gasteiger partial charge in [-0.3, -0.25) is 19.4 Å². The third-order valence-corrected chi connectivity index (χ3v) is 4.16. The van der Waals surface area contributed by atoms with Crippen LogP contribution in [0, 0.1) is 4.77 Å². The Kier molecular flexibility index (Phi) is 6.77. The molecule has 0 aliphatic rings. The minimum Gasteiger partial charge on any atom is -0.450 e. The monoisotopic (exact) mass is 405 g/mol. The summed E-state index contributed by atoms with van der Waals surface area (Å²) in [6.45, 7) is 4.50. The number of amides is 2. The highest BCUT2D eigenvalue weighted by atomic mass is 35.5. The van der Waals surface area contributed by atoms with Crippen LogP contribution in [0.3, 0.4) is 0 Å². The predicted molar refractivity (Wildman–Crippen MR) is 96.4 cm³/mol. The average molecular weight is 406 g/mol.